The highest BCUT2D eigenvalue weighted by atomic mass is 32.2. The highest BCUT2D eigenvalue weighted by Crippen LogP contribution is 2.28. The molecule has 2 nitrogen and oxygen atoms in total. The molecule has 0 bridgehead atoms. The molecule has 0 aromatic heterocycles. The van der Waals surface area contributed by atoms with Gasteiger partial charge in [0.2, 0.25) is 5.12 Å². The maximum absolute atomic E-state index is 10.7. The Kier molecular flexibility index (Phi) is 1.71. The molecule has 9 heavy (non-hydrogen) atoms. The monoisotopic (exact) mass is 142 g/mol. The Labute approximate surface area is 57.3 Å². The van der Waals surface area contributed by atoms with E-state index >= 15 is 0 Å². The number of carbonyl (C=O) groups is 2. The van der Waals surface area contributed by atoms with Gasteiger partial charge in [-0.05, 0) is 11.8 Å². The lowest BCUT2D eigenvalue weighted by Gasteiger charge is -1.87. The molecule has 1 aliphatic rings. The van der Waals surface area contributed by atoms with E-state index in [0.717, 1.165) is 16.7 Å². The van der Waals surface area contributed by atoms with Crippen LogP contribution in [0.5, 0.6) is 0 Å². The minimum Gasteiger partial charge on any atom is -0.302 e. The lowest BCUT2D eigenvalue weighted by atomic mass is 10.2. The molecule has 1 unspecified atom stereocenters. The zero-order valence-corrected chi connectivity index (χ0v) is 5.77. The molecule has 1 rings (SSSR count). The summed E-state index contributed by atoms with van der Waals surface area (Å²) in [5.74, 6) is -0.477. The minimum atomic E-state index is -0.477. The van der Waals surface area contributed by atoms with Gasteiger partial charge in [-0.15, -0.1) is 0 Å². The molecule has 0 aliphatic carbocycles. The Bertz CT molecular complexity index is 183. The van der Waals surface area contributed by atoms with E-state index in [0.29, 0.717) is 6.29 Å². The molecule has 1 heterocycles. The van der Waals surface area contributed by atoms with Crippen LogP contribution >= 0.6 is 11.8 Å². The summed E-state index contributed by atoms with van der Waals surface area (Å²) < 4.78 is 0. The molecule has 0 radical (unpaired) electrons. The van der Waals surface area contributed by atoms with Crippen LogP contribution in [0.3, 0.4) is 0 Å². The van der Waals surface area contributed by atoms with Crippen molar-refractivity contribution in [2.24, 2.45) is 5.92 Å². The molecule has 0 fully saturated rings. The summed E-state index contributed by atoms with van der Waals surface area (Å²) in [5.41, 5.74) is 0. The second kappa shape index (κ2) is 2.35. The zero-order valence-electron chi connectivity index (χ0n) is 4.96. The van der Waals surface area contributed by atoms with Crippen LogP contribution in [0.25, 0.3) is 0 Å². The van der Waals surface area contributed by atoms with Gasteiger partial charge in [0.1, 0.15) is 12.2 Å². The van der Waals surface area contributed by atoms with Crippen LogP contribution in [0.2, 0.25) is 0 Å². The van der Waals surface area contributed by atoms with E-state index in [1.54, 1.807) is 6.08 Å². The first-order valence-electron chi connectivity index (χ1n) is 2.59. The Morgan fingerprint density at radius 2 is 2.44 bits per heavy atom. The van der Waals surface area contributed by atoms with Crippen LogP contribution in [-0.2, 0) is 9.59 Å². The number of allylic oxidation sites excluding steroid dienone is 2. The van der Waals surface area contributed by atoms with Crippen molar-refractivity contribution in [1.29, 1.82) is 0 Å². The fourth-order valence-corrected chi connectivity index (χ4v) is 1.47. The topological polar surface area (TPSA) is 34.1 Å². The van der Waals surface area contributed by atoms with Crippen molar-refractivity contribution >= 4 is 23.2 Å². The predicted octanol–water partition coefficient (Wildman–Crippen LogP) is 0.979. The van der Waals surface area contributed by atoms with Crippen molar-refractivity contribution in [3.05, 3.63) is 11.0 Å². The Balaban J connectivity index is 2.75. The smallest absolute Gasteiger partial charge is 0.207 e. The second-order valence-corrected chi connectivity index (χ2v) is 3.11. The molecule has 0 saturated heterocycles. The van der Waals surface area contributed by atoms with E-state index in [2.05, 4.69) is 0 Å². The lowest BCUT2D eigenvalue weighted by molar-refractivity contribution is -0.119. The first-order valence-corrected chi connectivity index (χ1v) is 3.41. The van der Waals surface area contributed by atoms with Crippen LogP contribution in [-0.4, -0.2) is 11.4 Å². The second-order valence-electron chi connectivity index (χ2n) is 1.86. The van der Waals surface area contributed by atoms with E-state index in [1.165, 1.54) is 0 Å². The number of rotatable bonds is 1. The SMILES string of the molecule is CC1=CC(C=O)C(=O)S1. The zero-order chi connectivity index (χ0) is 6.85. The third-order valence-corrected chi connectivity index (χ3v) is 2.03. The van der Waals surface area contributed by atoms with E-state index in [-0.39, 0.29) is 5.12 Å². The van der Waals surface area contributed by atoms with Crippen LogP contribution in [0.15, 0.2) is 11.0 Å². The van der Waals surface area contributed by atoms with Crippen LogP contribution in [0, 0.1) is 5.92 Å². The normalized spacial score (nSPS) is 26.1. The van der Waals surface area contributed by atoms with Gasteiger partial charge in [-0.1, -0.05) is 17.8 Å². The molecular weight excluding hydrogens is 136 g/mol. The summed E-state index contributed by atoms with van der Waals surface area (Å²) >= 11 is 1.14. The quantitative estimate of drug-likeness (QED) is 0.404. The molecule has 1 aliphatic heterocycles. The molecule has 0 saturated carbocycles. The highest BCUT2D eigenvalue weighted by molar-refractivity contribution is 8.17. The summed E-state index contributed by atoms with van der Waals surface area (Å²) in [6.45, 7) is 1.83. The Hall–Kier alpha value is -0.570. The van der Waals surface area contributed by atoms with E-state index in [9.17, 15) is 9.59 Å². The number of thioether (sulfide) groups is 1. The molecule has 1 atom stereocenters. The maximum Gasteiger partial charge on any atom is 0.207 e. The largest absolute Gasteiger partial charge is 0.302 e. The summed E-state index contributed by atoms with van der Waals surface area (Å²) in [6, 6.07) is 0. The van der Waals surface area contributed by atoms with E-state index < -0.39 is 5.92 Å². The van der Waals surface area contributed by atoms with Gasteiger partial charge in [-0.2, -0.15) is 0 Å². The van der Waals surface area contributed by atoms with Gasteiger partial charge in [0.05, 0.1) is 0 Å². The average molecular weight is 142 g/mol. The van der Waals surface area contributed by atoms with Crippen LogP contribution < -0.4 is 0 Å². The van der Waals surface area contributed by atoms with Crippen LogP contribution in [0.4, 0.5) is 0 Å². The third-order valence-electron chi connectivity index (χ3n) is 1.09. The molecule has 3 heteroatoms. The molecule has 0 aromatic carbocycles. The van der Waals surface area contributed by atoms with E-state index in [4.69, 9.17) is 0 Å². The van der Waals surface area contributed by atoms with Gasteiger partial charge < -0.3 is 4.79 Å². The van der Waals surface area contributed by atoms with E-state index in [1.807, 2.05) is 6.92 Å². The van der Waals surface area contributed by atoms with Crippen molar-refractivity contribution in [2.75, 3.05) is 0 Å². The van der Waals surface area contributed by atoms with Gasteiger partial charge in [0, 0.05) is 0 Å². The summed E-state index contributed by atoms with van der Waals surface area (Å²) in [4.78, 5) is 21.7. The molecule has 48 valence electrons. The number of hydrogen-bond acceptors (Lipinski definition) is 3. The first kappa shape index (κ1) is 6.55. The van der Waals surface area contributed by atoms with Crippen LogP contribution in [0.1, 0.15) is 6.92 Å². The highest BCUT2D eigenvalue weighted by Gasteiger charge is 2.22. The predicted molar refractivity (Wildman–Crippen MR) is 35.9 cm³/mol. The minimum absolute atomic E-state index is 0.0532. The fourth-order valence-electron chi connectivity index (χ4n) is 0.676. The van der Waals surface area contributed by atoms with Crippen molar-refractivity contribution in [2.45, 2.75) is 6.92 Å². The van der Waals surface area contributed by atoms with Gasteiger partial charge in [-0.25, -0.2) is 0 Å². The van der Waals surface area contributed by atoms with Gasteiger partial charge in [0.25, 0.3) is 0 Å². The van der Waals surface area contributed by atoms with Gasteiger partial charge in [-0.3, -0.25) is 4.79 Å². The summed E-state index contributed by atoms with van der Waals surface area (Å²) in [7, 11) is 0. The standard InChI is InChI=1S/C6H6O2S/c1-4-2-5(3-7)6(8)9-4/h2-3,5H,1H3. The molecule has 0 amide bonds. The average Bonchev–Trinajstić information content (AvgIpc) is 2.10. The molecule has 0 N–H and O–H groups in total. The fraction of sp³-hybridized carbons (Fsp3) is 0.333. The van der Waals surface area contributed by atoms with Gasteiger partial charge >= 0.3 is 0 Å². The van der Waals surface area contributed by atoms with Crippen molar-refractivity contribution < 1.29 is 9.59 Å². The molecule has 0 aromatic rings. The molecular formula is C6H6O2S. The molecule has 0 spiro atoms. The number of carbonyl (C=O) groups excluding carboxylic acids is 2. The summed E-state index contributed by atoms with van der Waals surface area (Å²) in [6.07, 6.45) is 2.35. The maximum atomic E-state index is 10.7. The van der Waals surface area contributed by atoms with Crippen molar-refractivity contribution in [3.63, 3.8) is 0 Å². The Morgan fingerprint density at radius 3 is 2.67 bits per heavy atom. The first-order chi connectivity index (χ1) is 4.24. The Morgan fingerprint density at radius 1 is 1.78 bits per heavy atom. The van der Waals surface area contributed by atoms with Crippen molar-refractivity contribution in [1.82, 2.24) is 0 Å². The van der Waals surface area contributed by atoms with Crippen molar-refractivity contribution in [3.8, 4) is 0 Å². The van der Waals surface area contributed by atoms with Gasteiger partial charge in [0.15, 0.2) is 0 Å². The number of aldehydes is 1. The number of hydrogen-bond donors (Lipinski definition) is 0. The third kappa shape index (κ3) is 1.21. The lowest BCUT2D eigenvalue weighted by Crippen LogP contribution is -2.03. The summed E-state index contributed by atoms with van der Waals surface area (Å²) in [5, 5.41) is -0.0532.